The minimum atomic E-state index is -0.592. The minimum Gasteiger partial charge on any atom is -0.396 e. The van der Waals surface area contributed by atoms with Crippen molar-refractivity contribution in [3.05, 3.63) is 59.9 Å². The number of fused-ring (bicyclic) bond motifs is 1. The summed E-state index contributed by atoms with van der Waals surface area (Å²) in [6.07, 6.45) is 4.97. The number of nitrogens with one attached hydrogen (secondary N) is 2. The number of nitrogens with zero attached hydrogens (tertiary/aromatic N) is 5. The third kappa shape index (κ3) is 4.41. The Morgan fingerprint density at radius 1 is 1.03 bits per heavy atom. The first-order chi connectivity index (χ1) is 14.1. The number of rotatable bonds is 7. The van der Waals surface area contributed by atoms with E-state index in [1.165, 1.54) is 6.20 Å². The molecule has 8 nitrogen and oxygen atoms in total. The molecule has 0 amide bonds. The fraction of sp³-hybridized carbons (Fsp3) is 0.158. The van der Waals surface area contributed by atoms with E-state index in [0.29, 0.717) is 23.8 Å². The van der Waals surface area contributed by atoms with Crippen molar-refractivity contribution in [2.75, 3.05) is 17.2 Å². The van der Waals surface area contributed by atoms with Crippen molar-refractivity contribution in [2.45, 2.75) is 13.0 Å². The molecular weight excluding hydrogens is 397 g/mol. The average molecular weight is 414 g/mol. The Morgan fingerprint density at radius 3 is 2.69 bits per heavy atom. The summed E-state index contributed by atoms with van der Waals surface area (Å²) < 4.78 is 15.9. The maximum atomic E-state index is 14.1. The standard InChI is InChI=1S/C19H17ClFN7O/c20-17-5-3-14(10-22-17)25-18-15(21)11-23-19(27-18)26-13-2-4-16-12(8-13)9-24-28(16)6-1-7-29/h2-5,8-11,29H,1,6-7H2,(H2,23,25,26,27). The summed E-state index contributed by atoms with van der Waals surface area (Å²) in [5, 5.41) is 20.5. The van der Waals surface area contributed by atoms with Gasteiger partial charge in [0.15, 0.2) is 11.6 Å². The number of hydrogen-bond acceptors (Lipinski definition) is 7. The molecule has 148 valence electrons. The first-order valence-corrected chi connectivity index (χ1v) is 9.25. The second-order valence-corrected chi connectivity index (χ2v) is 6.62. The molecule has 1 aromatic carbocycles. The number of pyridine rings is 1. The molecule has 3 N–H and O–H groups in total. The highest BCUT2D eigenvalue weighted by molar-refractivity contribution is 6.29. The van der Waals surface area contributed by atoms with Crippen molar-refractivity contribution in [3.63, 3.8) is 0 Å². The van der Waals surface area contributed by atoms with Gasteiger partial charge in [-0.1, -0.05) is 11.6 Å². The van der Waals surface area contributed by atoms with Crippen LogP contribution in [0.15, 0.2) is 48.9 Å². The zero-order valence-electron chi connectivity index (χ0n) is 15.2. The molecule has 4 aromatic rings. The van der Waals surface area contributed by atoms with Gasteiger partial charge in [-0.25, -0.2) is 14.4 Å². The predicted molar refractivity (Wildman–Crippen MR) is 109 cm³/mol. The average Bonchev–Trinajstić information content (AvgIpc) is 3.13. The quantitative estimate of drug-likeness (QED) is 0.395. The van der Waals surface area contributed by atoms with Gasteiger partial charge in [0, 0.05) is 24.2 Å². The summed E-state index contributed by atoms with van der Waals surface area (Å²) >= 11 is 5.76. The van der Waals surface area contributed by atoms with Crippen molar-refractivity contribution in [3.8, 4) is 0 Å². The van der Waals surface area contributed by atoms with Gasteiger partial charge in [-0.15, -0.1) is 0 Å². The zero-order chi connectivity index (χ0) is 20.2. The van der Waals surface area contributed by atoms with E-state index in [2.05, 4.69) is 30.7 Å². The van der Waals surface area contributed by atoms with Crippen molar-refractivity contribution in [1.29, 1.82) is 0 Å². The van der Waals surface area contributed by atoms with E-state index >= 15 is 0 Å². The van der Waals surface area contributed by atoms with Gasteiger partial charge in [0.1, 0.15) is 5.15 Å². The third-order valence-corrected chi connectivity index (χ3v) is 4.38. The van der Waals surface area contributed by atoms with Crippen LogP contribution in [0.1, 0.15) is 6.42 Å². The van der Waals surface area contributed by atoms with Crippen LogP contribution in [0.5, 0.6) is 0 Å². The normalized spacial score (nSPS) is 11.0. The van der Waals surface area contributed by atoms with E-state index in [0.717, 1.165) is 22.8 Å². The van der Waals surface area contributed by atoms with E-state index in [9.17, 15) is 4.39 Å². The molecule has 3 heterocycles. The van der Waals surface area contributed by atoms with Gasteiger partial charge in [-0.2, -0.15) is 10.1 Å². The molecule has 0 saturated heterocycles. The first-order valence-electron chi connectivity index (χ1n) is 8.87. The van der Waals surface area contributed by atoms with Crippen LogP contribution in [0.3, 0.4) is 0 Å². The number of anilines is 4. The van der Waals surface area contributed by atoms with Crippen molar-refractivity contribution in [1.82, 2.24) is 24.7 Å². The van der Waals surface area contributed by atoms with Crippen LogP contribution in [0.25, 0.3) is 10.9 Å². The number of benzene rings is 1. The molecule has 0 aliphatic carbocycles. The fourth-order valence-electron chi connectivity index (χ4n) is 2.79. The van der Waals surface area contributed by atoms with Crippen LogP contribution in [0.4, 0.5) is 27.5 Å². The Bertz CT molecular complexity index is 1130. The minimum absolute atomic E-state index is 0.0181. The Morgan fingerprint density at radius 2 is 1.90 bits per heavy atom. The summed E-state index contributed by atoms with van der Waals surface area (Å²) in [6, 6.07) is 8.96. The second kappa shape index (κ2) is 8.38. The van der Waals surface area contributed by atoms with Crippen LogP contribution in [-0.4, -0.2) is 36.4 Å². The monoisotopic (exact) mass is 413 g/mol. The van der Waals surface area contributed by atoms with Gasteiger partial charge in [0.05, 0.1) is 29.8 Å². The lowest BCUT2D eigenvalue weighted by Gasteiger charge is -2.10. The Kier molecular flexibility index (Phi) is 5.50. The highest BCUT2D eigenvalue weighted by atomic mass is 35.5. The number of aliphatic hydroxyl groups excluding tert-OH is 1. The lowest BCUT2D eigenvalue weighted by atomic mass is 10.2. The molecule has 0 aliphatic heterocycles. The summed E-state index contributed by atoms with van der Waals surface area (Å²) in [5.41, 5.74) is 2.25. The topological polar surface area (TPSA) is 101 Å². The number of hydrogen-bond donors (Lipinski definition) is 3. The molecule has 0 fully saturated rings. The third-order valence-electron chi connectivity index (χ3n) is 4.16. The van der Waals surface area contributed by atoms with E-state index in [4.69, 9.17) is 16.7 Å². The van der Waals surface area contributed by atoms with Crippen molar-refractivity contribution < 1.29 is 9.50 Å². The SMILES string of the molecule is OCCCn1ncc2cc(Nc3ncc(F)c(Nc4ccc(Cl)nc4)n3)ccc21. The first kappa shape index (κ1) is 19.0. The number of aryl methyl sites for hydroxylation is 1. The molecule has 4 rings (SSSR count). The van der Waals surface area contributed by atoms with Gasteiger partial charge in [-0.05, 0) is 36.8 Å². The molecule has 0 atom stereocenters. The molecule has 29 heavy (non-hydrogen) atoms. The molecule has 0 bridgehead atoms. The molecule has 0 saturated carbocycles. The van der Waals surface area contributed by atoms with Crippen LogP contribution in [-0.2, 0) is 6.54 Å². The lowest BCUT2D eigenvalue weighted by Crippen LogP contribution is -2.04. The van der Waals surface area contributed by atoms with Gasteiger partial charge < -0.3 is 15.7 Å². The maximum absolute atomic E-state index is 14.1. The Balaban J connectivity index is 1.53. The molecule has 10 heteroatoms. The Hall–Kier alpha value is -3.30. The lowest BCUT2D eigenvalue weighted by molar-refractivity contribution is 0.278. The van der Waals surface area contributed by atoms with Crippen LogP contribution >= 0.6 is 11.6 Å². The predicted octanol–water partition coefficient (Wildman–Crippen LogP) is 3.88. The van der Waals surface area contributed by atoms with Gasteiger partial charge in [0.25, 0.3) is 0 Å². The Labute approximate surface area is 170 Å². The number of aromatic nitrogens is 5. The highest BCUT2D eigenvalue weighted by Crippen LogP contribution is 2.23. The summed E-state index contributed by atoms with van der Waals surface area (Å²) in [6.45, 7) is 0.758. The van der Waals surface area contributed by atoms with E-state index in [1.807, 2.05) is 22.9 Å². The van der Waals surface area contributed by atoms with Crippen LogP contribution < -0.4 is 10.6 Å². The molecular formula is C19H17ClFN7O. The summed E-state index contributed by atoms with van der Waals surface area (Å²) in [7, 11) is 0. The molecule has 3 aromatic heterocycles. The van der Waals surface area contributed by atoms with E-state index in [1.54, 1.807) is 18.3 Å². The fourth-order valence-corrected chi connectivity index (χ4v) is 2.91. The van der Waals surface area contributed by atoms with Crippen LogP contribution in [0.2, 0.25) is 5.15 Å². The highest BCUT2D eigenvalue weighted by Gasteiger charge is 2.09. The largest absolute Gasteiger partial charge is 0.396 e. The van der Waals surface area contributed by atoms with Gasteiger partial charge >= 0.3 is 0 Å². The van der Waals surface area contributed by atoms with Crippen molar-refractivity contribution in [2.24, 2.45) is 0 Å². The summed E-state index contributed by atoms with van der Waals surface area (Å²) in [5.74, 6) is -0.335. The van der Waals surface area contributed by atoms with Gasteiger partial charge in [0.2, 0.25) is 5.95 Å². The zero-order valence-corrected chi connectivity index (χ0v) is 15.9. The molecule has 0 spiro atoms. The van der Waals surface area contributed by atoms with Crippen LogP contribution in [0, 0.1) is 5.82 Å². The number of halogens is 2. The molecule has 0 unspecified atom stereocenters. The van der Waals surface area contributed by atoms with Gasteiger partial charge in [-0.3, -0.25) is 4.68 Å². The molecule has 0 aliphatic rings. The van der Waals surface area contributed by atoms with E-state index < -0.39 is 5.82 Å². The second-order valence-electron chi connectivity index (χ2n) is 6.23. The maximum Gasteiger partial charge on any atom is 0.229 e. The molecule has 0 radical (unpaired) electrons. The number of aliphatic hydroxyl groups is 1. The van der Waals surface area contributed by atoms with Crippen molar-refractivity contribution >= 4 is 45.6 Å². The smallest absolute Gasteiger partial charge is 0.229 e. The summed E-state index contributed by atoms with van der Waals surface area (Å²) in [4.78, 5) is 12.1. The van der Waals surface area contributed by atoms with E-state index in [-0.39, 0.29) is 18.4 Å².